The van der Waals surface area contributed by atoms with Gasteiger partial charge in [0.2, 0.25) is 5.95 Å². The number of para-hydroxylation sites is 2. The van der Waals surface area contributed by atoms with Gasteiger partial charge in [-0.25, -0.2) is 0 Å². The zero-order chi connectivity index (χ0) is 18.3. The van der Waals surface area contributed by atoms with Crippen LogP contribution in [-0.4, -0.2) is 15.2 Å². The summed E-state index contributed by atoms with van der Waals surface area (Å²) in [5, 5.41) is 14.3. The number of aromatic nitrogens is 3. The molecule has 0 bridgehead atoms. The summed E-state index contributed by atoms with van der Waals surface area (Å²) >= 11 is 0. The van der Waals surface area contributed by atoms with E-state index in [1.54, 1.807) is 6.20 Å². The minimum absolute atomic E-state index is 0.410. The van der Waals surface area contributed by atoms with Crippen molar-refractivity contribution in [3.63, 3.8) is 0 Å². The van der Waals surface area contributed by atoms with Gasteiger partial charge in [0.15, 0.2) is 5.82 Å². The Morgan fingerprint density at radius 3 is 2.00 bits per heavy atom. The van der Waals surface area contributed by atoms with E-state index in [4.69, 9.17) is 4.74 Å². The number of ether oxygens (including phenoxy) is 1. The van der Waals surface area contributed by atoms with Gasteiger partial charge in [-0.05, 0) is 48.5 Å². The quantitative estimate of drug-likeness (QED) is 0.498. The predicted octanol–water partition coefficient (Wildman–Crippen LogP) is 5.15. The molecule has 3 aromatic carbocycles. The predicted molar refractivity (Wildman–Crippen MR) is 106 cm³/mol. The maximum absolute atomic E-state index is 5.79. The van der Waals surface area contributed by atoms with Crippen LogP contribution < -0.4 is 15.4 Å². The van der Waals surface area contributed by atoms with E-state index in [0.717, 1.165) is 22.9 Å². The van der Waals surface area contributed by atoms with Crippen molar-refractivity contribution >= 4 is 23.1 Å². The van der Waals surface area contributed by atoms with E-state index in [0.29, 0.717) is 11.8 Å². The molecule has 0 aliphatic heterocycles. The molecule has 0 unspecified atom stereocenters. The second-order valence-electron chi connectivity index (χ2n) is 5.72. The van der Waals surface area contributed by atoms with Crippen LogP contribution in [0.3, 0.4) is 0 Å². The lowest BCUT2D eigenvalue weighted by Crippen LogP contribution is -2.02. The highest BCUT2D eigenvalue weighted by atomic mass is 16.5. The Labute approximate surface area is 156 Å². The molecule has 27 heavy (non-hydrogen) atoms. The molecule has 0 amide bonds. The summed E-state index contributed by atoms with van der Waals surface area (Å²) in [6, 6.07) is 27.0. The molecule has 4 rings (SSSR count). The van der Waals surface area contributed by atoms with Crippen molar-refractivity contribution in [3.8, 4) is 11.5 Å². The average Bonchev–Trinajstić information content (AvgIpc) is 2.71. The Morgan fingerprint density at radius 2 is 1.26 bits per heavy atom. The van der Waals surface area contributed by atoms with Crippen LogP contribution in [0.4, 0.5) is 23.1 Å². The van der Waals surface area contributed by atoms with Crippen molar-refractivity contribution in [2.75, 3.05) is 10.6 Å². The van der Waals surface area contributed by atoms with E-state index < -0.39 is 0 Å². The van der Waals surface area contributed by atoms with E-state index in [9.17, 15) is 0 Å². The molecule has 0 spiro atoms. The van der Waals surface area contributed by atoms with Crippen molar-refractivity contribution in [2.24, 2.45) is 0 Å². The molecule has 132 valence electrons. The van der Waals surface area contributed by atoms with Gasteiger partial charge in [-0.3, -0.25) is 0 Å². The number of rotatable bonds is 6. The van der Waals surface area contributed by atoms with Crippen molar-refractivity contribution in [1.82, 2.24) is 15.2 Å². The van der Waals surface area contributed by atoms with Crippen molar-refractivity contribution in [2.45, 2.75) is 0 Å². The zero-order valence-electron chi connectivity index (χ0n) is 14.4. The van der Waals surface area contributed by atoms with E-state index in [1.165, 1.54) is 0 Å². The minimum atomic E-state index is 0.410. The van der Waals surface area contributed by atoms with Crippen LogP contribution in [0.5, 0.6) is 11.5 Å². The van der Waals surface area contributed by atoms with E-state index in [-0.39, 0.29) is 0 Å². The molecule has 0 atom stereocenters. The first-order valence-corrected chi connectivity index (χ1v) is 8.47. The van der Waals surface area contributed by atoms with Crippen LogP contribution in [0.15, 0.2) is 91.1 Å². The van der Waals surface area contributed by atoms with Gasteiger partial charge in [-0.1, -0.05) is 36.4 Å². The van der Waals surface area contributed by atoms with Gasteiger partial charge < -0.3 is 15.4 Å². The number of nitrogens with one attached hydrogen (secondary N) is 2. The number of nitrogens with zero attached hydrogens (tertiary/aromatic N) is 3. The fraction of sp³-hybridized carbons (Fsp3) is 0. The van der Waals surface area contributed by atoms with Gasteiger partial charge in [0.1, 0.15) is 11.5 Å². The zero-order valence-corrected chi connectivity index (χ0v) is 14.4. The highest BCUT2D eigenvalue weighted by Crippen LogP contribution is 2.23. The SMILES string of the molecule is c1ccc(Nc2cnnc(Nc3ccc(Oc4ccccc4)cc3)n2)cc1. The molecule has 4 aromatic rings. The summed E-state index contributed by atoms with van der Waals surface area (Å²) in [5.41, 5.74) is 1.78. The van der Waals surface area contributed by atoms with Crippen LogP contribution >= 0.6 is 0 Å². The lowest BCUT2D eigenvalue weighted by molar-refractivity contribution is 0.483. The van der Waals surface area contributed by atoms with Crippen molar-refractivity contribution < 1.29 is 4.74 Å². The smallest absolute Gasteiger partial charge is 0.249 e. The van der Waals surface area contributed by atoms with Crippen molar-refractivity contribution in [1.29, 1.82) is 0 Å². The third kappa shape index (κ3) is 4.58. The molecule has 6 nitrogen and oxygen atoms in total. The molecule has 6 heteroatoms. The molecule has 1 aromatic heterocycles. The third-order valence-electron chi connectivity index (χ3n) is 3.69. The van der Waals surface area contributed by atoms with Gasteiger partial charge in [0, 0.05) is 11.4 Å². The maximum Gasteiger partial charge on any atom is 0.249 e. The normalized spacial score (nSPS) is 10.2. The molecule has 0 saturated heterocycles. The Bertz CT molecular complexity index is 992. The fourth-order valence-electron chi connectivity index (χ4n) is 2.45. The summed E-state index contributed by atoms with van der Waals surface area (Å²) in [6.07, 6.45) is 1.58. The van der Waals surface area contributed by atoms with Crippen LogP contribution in [0, 0.1) is 0 Å². The topological polar surface area (TPSA) is 72.0 Å². The molecule has 2 N–H and O–H groups in total. The monoisotopic (exact) mass is 355 g/mol. The third-order valence-corrected chi connectivity index (χ3v) is 3.69. The van der Waals surface area contributed by atoms with Gasteiger partial charge in [-0.2, -0.15) is 10.1 Å². The molecule has 0 saturated carbocycles. The summed E-state index contributed by atoms with van der Waals surface area (Å²) < 4.78 is 5.79. The van der Waals surface area contributed by atoms with E-state index in [1.807, 2.05) is 84.9 Å². The fourth-order valence-corrected chi connectivity index (χ4v) is 2.45. The first kappa shape index (κ1) is 16.5. The second-order valence-corrected chi connectivity index (χ2v) is 5.72. The first-order chi connectivity index (χ1) is 13.3. The minimum Gasteiger partial charge on any atom is -0.457 e. The van der Waals surface area contributed by atoms with E-state index in [2.05, 4.69) is 25.8 Å². The van der Waals surface area contributed by atoms with Gasteiger partial charge >= 0.3 is 0 Å². The molecule has 1 heterocycles. The molecule has 0 aliphatic carbocycles. The Balaban J connectivity index is 1.42. The van der Waals surface area contributed by atoms with Gasteiger partial charge in [0.25, 0.3) is 0 Å². The molecular formula is C21H17N5O. The van der Waals surface area contributed by atoms with Crippen LogP contribution in [0.25, 0.3) is 0 Å². The molecule has 0 fully saturated rings. The summed E-state index contributed by atoms with van der Waals surface area (Å²) in [7, 11) is 0. The molecule has 0 radical (unpaired) electrons. The summed E-state index contributed by atoms with van der Waals surface area (Å²) in [4.78, 5) is 4.43. The van der Waals surface area contributed by atoms with Gasteiger partial charge in [-0.15, -0.1) is 5.10 Å². The van der Waals surface area contributed by atoms with E-state index >= 15 is 0 Å². The van der Waals surface area contributed by atoms with Crippen LogP contribution in [0.1, 0.15) is 0 Å². The highest BCUT2D eigenvalue weighted by Gasteiger charge is 2.03. The Morgan fingerprint density at radius 1 is 0.630 bits per heavy atom. The first-order valence-electron chi connectivity index (χ1n) is 8.47. The molecular weight excluding hydrogens is 338 g/mol. The average molecular weight is 355 g/mol. The summed E-state index contributed by atoms with van der Waals surface area (Å²) in [5.74, 6) is 2.58. The maximum atomic E-state index is 5.79. The lowest BCUT2D eigenvalue weighted by atomic mass is 10.3. The lowest BCUT2D eigenvalue weighted by Gasteiger charge is -2.09. The van der Waals surface area contributed by atoms with Crippen LogP contribution in [0.2, 0.25) is 0 Å². The number of hydrogen-bond acceptors (Lipinski definition) is 6. The second kappa shape index (κ2) is 7.97. The number of anilines is 4. The Hall–Kier alpha value is -3.93. The van der Waals surface area contributed by atoms with Crippen LogP contribution in [-0.2, 0) is 0 Å². The largest absolute Gasteiger partial charge is 0.457 e. The summed E-state index contributed by atoms with van der Waals surface area (Å²) in [6.45, 7) is 0. The molecule has 0 aliphatic rings. The standard InChI is InChI=1S/C21H17N5O/c1-3-7-16(8-4-1)23-20-15-22-26-21(25-20)24-17-11-13-19(14-12-17)27-18-9-5-2-6-10-18/h1-15H,(H2,23,24,25,26). The van der Waals surface area contributed by atoms with Gasteiger partial charge in [0.05, 0.1) is 6.20 Å². The van der Waals surface area contributed by atoms with Crippen molar-refractivity contribution in [3.05, 3.63) is 91.1 Å². The highest BCUT2D eigenvalue weighted by molar-refractivity contribution is 5.59. The number of hydrogen-bond donors (Lipinski definition) is 2. The Kier molecular flexibility index (Phi) is 4.88. The number of benzene rings is 3.